The van der Waals surface area contributed by atoms with Crippen molar-refractivity contribution >= 4 is 29.1 Å². The average molecular weight is 359 g/mol. The van der Waals surface area contributed by atoms with Gasteiger partial charge in [0.05, 0.1) is 6.54 Å². The van der Waals surface area contributed by atoms with E-state index in [9.17, 15) is 0 Å². The summed E-state index contributed by atoms with van der Waals surface area (Å²) in [6, 6.07) is 6.41. The van der Waals surface area contributed by atoms with Crippen LogP contribution in [0.3, 0.4) is 0 Å². The van der Waals surface area contributed by atoms with E-state index in [-0.39, 0.29) is 0 Å². The molecular weight excluding hydrogens is 334 g/mol. The Morgan fingerprint density at radius 3 is 2.88 bits per heavy atom. The molecular formula is C18H25N5OS. The third-order valence-corrected chi connectivity index (χ3v) is 4.63. The van der Waals surface area contributed by atoms with Crippen LogP contribution < -0.4 is 15.5 Å². The molecule has 0 saturated carbocycles. The number of piperidine rings is 1. The summed E-state index contributed by atoms with van der Waals surface area (Å²) in [4.78, 5) is 11.5. The minimum Gasteiger partial charge on any atom is -0.465 e. The summed E-state index contributed by atoms with van der Waals surface area (Å²) in [6.07, 6.45) is 3.69. The van der Waals surface area contributed by atoms with Crippen molar-refractivity contribution in [1.29, 1.82) is 0 Å². The first kappa shape index (κ1) is 17.7. The van der Waals surface area contributed by atoms with Gasteiger partial charge in [-0.25, -0.2) is 4.98 Å². The highest BCUT2D eigenvalue weighted by Crippen LogP contribution is 2.24. The molecule has 7 heteroatoms. The van der Waals surface area contributed by atoms with Crippen LogP contribution in [0, 0.1) is 13.8 Å². The number of nitrogens with one attached hydrogen (secondary N) is 2. The molecule has 1 aliphatic rings. The van der Waals surface area contributed by atoms with Gasteiger partial charge >= 0.3 is 0 Å². The molecule has 1 atom stereocenters. The van der Waals surface area contributed by atoms with Crippen molar-refractivity contribution in [1.82, 2.24) is 15.3 Å². The summed E-state index contributed by atoms with van der Waals surface area (Å²) >= 11 is 5.35. The topological polar surface area (TPSA) is 66.2 Å². The molecule has 25 heavy (non-hydrogen) atoms. The third kappa shape index (κ3) is 4.69. The Bertz CT molecular complexity index is 745. The van der Waals surface area contributed by atoms with Crippen LogP contribution >= 0.6 is 12.2 Å². The highest BCUT2D eigenvalue weighted by molar-refractivity contribution is 7.80. The lowest BCUT2D eigenvalue weighted by atomic mass is 10.0. The number of nitrogens with zero attached hydrogens (tertiary/aromatic N) is 3. The molecule has 134 valence electrons. The van der Waals surface area contributed by atoms with Gasteiger partial charge in [0.1, 0.15) is 17.3 Å². The fraction of sp³-hybridized carbons (Fsp3) is 0.500. The first-order valence-corrected chi connectivity index (χ1v) is 9.14. The van der Waals surface area contributed by atoms with E-state index < -0.39 is 0 Å². The predicted octanol–water partition coefficient (Wildman–Crippen LogP) is 3.55. The lowest BCUT2D eigenvalue weighted by Gasteiger charge is -2.34. The van der Waals surface area contributed by atoms with Crippen LogP contribution in [0.2, 0.25) is 0 Å². The SMILES string of the molecule is Cc1cc(N2CCCCC2C)nc(NC(=S)NCc2ccc(C)o2)n1. The zero-order chi connectivity index (χ0) is 17.8. The lowest BCUT2D eigenvalue weighted by Crippen LogP contribution is -2.38. The second-order valence-corrected chi connectivity index (χ2v) is 6.96. The van der Waals surface area contributed by atoms with Gasteiger partial charge in [0, 0.05) is 24.3 Å². The molecule has 1 saturated heterocycles. The Balaban J connectivity index is 1.64. The van der Waals surface area contributed by atoms with E-state index in [1.807, 2.05) is 32.0 Å². The van der Waals surface area contributed by atoms with E-state index in [0.29, 0.717) is 23.6 Å². The van der Waals surface area contributed by atoms with Gasteiger partial charge in [0.15, 0.2) is 5.11 Å². The van der Waals surface area contributed by atoms with Gasteiger partial charge in [0.25, 0.3) is 0 Å². The van der Waals surface area contributed by atoms with E-state index in [1.165, 1.54) is 19.3 Å². The number of rotatable bonds is 4. The number of aromatic nitrogens is 2. The fourth-order valence-electron chi connectivity index (χ4n) is 3.09. The molecule has 2 N–H and O–H groups in total. The van der Waals surface area contributed by atoms with Crippen LogP contribution in [0.15, 0.2) is 22.6 Å². The summed E-state index contributed by atoms with van der Waals surface area (Å²) in [7, 11) is 0. The van der Waals surface area contributed by atoms with Crippen molar-refractivity contribution < 1.29 is 4.42 Å². The van der Waals surface area contributed by atoms with Crippen molar-refractivity contribution in [2.75, 3.05) is 16.8 Å². The first-order valence-electron chi connectivity index (χ1n) is 8.74. The maximum Gasteiger partial charge on any atom is 0.231 e. The van der Waals surface area contributed by atoms with Crippen molar-refractivity contribution in [3.8, 4) is 0 Å². The van der Waals surface area contributed by atoms with Crippen molar-refractivity contribution in [3.63, 3.8) is 0 Å². The molecule has 1 fully saturated rings. The second-order valence-electron chi connectivity index (χ2n) is 6.55. The van der Waals surface area contributed by atoms with Crippen molar-refractivity contribution in [2.45, 2.75) is 52.6 Å². The van der Waals surface area contributed by atoms with E-state index >= 15 is 0 Å². The number of anilines is 2. The number of furan rings is 1. The maximum absolute atomic E-state index is 5.53. The van der Waals surface area contributed by atoms with Gasteiger partial charge < -0.3 is 20.0 Å². The zero-order valence-corrected chi connectivity index (χ0v) is 15.8. The van der Waals surface area contributed by atoms with E-state index in [0.717, 1.165) is 29.6 Å². The molecule has 3 rings (SSSR count). The van der Waals surface area contributed by atoms with Crippen LogP contribution in [-0.2, 0) is 6.54 Å². The Morgan fingerprint density at radius 2 is 2.16 bits per heavy atom. The summed E-state index contributed by atoms with van der Waals surface area (Å²) in [5.41, 5.74) is 0.926. The van der Waals surface area contributed by atoms with Gasteiger partial charge in [-0.05, 0) is 64.4 Å². The number of thiocarbonyl (C=S) groups is 1. The highest BCUT2D eigenvalue weighted by atomic mass is 32.1. The van der Waals surface area contributed by atoms with Gasteiger partial charge in [-0.2, -0.15) is 4.98 Å². The maximum atomic E-state index is 5.53. The largest absolute Gasteiger partial charge is 0.465 e. The molecule has 0 spiro atoms. The van der Waals surface area contributed by atoms with E-state index in [4.69, 9.17) is 16.6 Å². The molecule has 0 aliphatic carbocycles. The van der Waals surface area contributed by atoms with Gasteiger partial charge in [-0.15, -0.1) is 0 Å². The molecule has 2 aromatic rings. The molecule has 0 bridgehead atoms. The van der Waals surface area contributed by atoms with Crippen molar-refractivity contribution in [2.24, 2.45) is 0 Å². The Kier molecular flexibility index (Phi) is 5.53. The smallest absolute Gasteiger partial charge is 0.231 e. The molecule has 3 heterocycles. The Labute approximate surface area is 154 Å². The summed E-state index contributed by atoms with van der Waals surface area (Å²) in [5, 5.41) is 6.69. The van der Waals surface area contributed by atoms with Crippen LogP contribution in [-0.4, -0.2) is 27.7 Å². The van der Waals surface area contributed by atoms with Crippen LogP contribution in [0.4, 0.5) is 11.8 Å². The van der Waals surface area contributed by atoms with Gasteiger partial charge in [-0.3, -0.25) is 0 Å². The van der Waals surface area contributed by atoms with Gasteiger partial charge in [-0.1, -0.05) is 0 Å². The van der Waals surface area contributed by atoms with Crippen LogP contribution in [0.25, 0.3) is 0 Å². The zero-order valence-electron chi connectivity index (χ0n) is 15.0. The van der Waals surface area contributed by atoms with Crippen LogP contribution in [0.5, 0.6) is 0 Å². The molecule has 2 aromatic heterocycles. The average Bonchev–Trinajstić information content (AvgIpc) is 2.98. The van der Waals surface area contributed by atoms with E-state index in [2.05, 4.69) is 32.4 Å². The quantitative estimate of drug-likeness (QED) is 0.809. The van der Waals surface area contributed by atoms with E-state index in [1.54, 1.807) is 0 Å². The number of aryl methyl sites for hydroxylation is 2. The minimum absolute atomic E-state index is 0.484. The third-order valence-electron chi connectivity index (χ3n) is 4.38. The molecule has 1 unspecified atom stereocenters. The molecule has 0 amide bonds. The minimum atomic E-state index is 0.484. The highest BCUT2D eigenvalue weighted by Gasteiger charge is 2.20. The fourth-order valence-corrected chi connectivity index (χ4v) is 3.25. The lowest BCUT2D eigenvalue weighted by molar-refractivity contribution is 0.478. The Hall–Kier alpha value is -2.15. The summed E-state index contributed by atoms with van der Waals surface area (Å²) in [6.45, 7) is 7.72. The molecule has 6 nitrogen and oxygen atoms in total. The number of hydrogen-bond acceptors (Lipinski definition) is 5. The Morgan fingerprint density at radius 1 is 1.32 bits per heavy atom. The monoisotopic (exact) mass is 359 g/mol. The normalized spacial score (nSPS) is 17.4. The molecule has 0 aromatic carbocycles. The van der Waals surface area contributed by atoms with Crippen molar-refractivity contribution in [3.05, 3.63) is 35.4 Å². The summed E-state index contributed by atoms with van der Waals surface area (Å²) in [5.74, 6) is 3.22. The number of hydrogen-bond donors (Lipinski definition) is 2. The first-order chi connectivity index (χ1) is 12.0. The predicted molar refractivity (Wildman–Crippen MR) is 104 cm³/mol. The summed E-state index contributed by atoms with van der Waals surface area (Å²) < 4.78 is 5.53. The molecule has 0 radical (unpaired) electrons. The van der Waals surface area contributed by atoms with Crippen LogP contribution in [0.1, 0.15) is 43.4 Å². The molecule has 1 aliphatic heterocycles. The standard InChI is InChI=1S/C18H25N5OS/c1-12-10-16(23-9-5-4-6-13(23)2)21-17(20-12)22-18(25)19-11-15-8-7-14(3)24-15/h7-8,10,13H,4-6,9,11H2,1-3H3,(H2,19,20,21,22,25). The van der Waals surface area contributed by atoms with Gasteiger partial charge in [0.2, 0.25) is 5.95 Å². The second kappa shape index (κ2) is 7.82.